The Bertz CT molecular complexity index is 644. The predicted octanol–water partition coefficient (Wildman–Crippen LogP) is 1.42. The maximum atomic E-state index is 11.3. The molecule has 0 aliphatic carbocycles. The number of nitrogens with zero attached hydrogens (tertiary/aromatic N) is 2. The lowest BCUT2D eigenvalue weighted by molar-refractivity contribution is 0.0693. The average Bonchev–Trinajstić information content (AvgIpc) is 2.78. The van der Waals surface area contributed by atoms with Gasteiger partial charge < -0.3 is 19.9 Å². The molecular formula is C14H17N3O3. The van der Waals surface area contributed by atoms with Crippen molar-refractivity contribution in [1.82, 2.24) is 14.7 Å². The SMILES string of the molecule is O=C(O)c1nc(CC2CCCCN2)n2ccc(O)cc12. The Morgan fingerprint density at radius 1 is 1.50 bits per heavy atom. The third-order valence-electron chi connectivity index (χ3n) is 3.74. The van der Waals surface area contributed by atoms with Gasteiger partial charge in [-0.15, -0.1) is 0 Å². The Morgan fingerprint density at radius 2 is 2.35 bits per heavy atom. The second-order valence-electron chi connectivity index (χ2n) is 5.17. The lowest BCUT2D eigenvalue weighted by Crippen LogP contribution is -2.36. The molecule has 3 N–H and O–H groups in total. The molecule has 20 heavy (non-hydrogen) atoms. The van der Waals surface area contributed by atoms with Crippen LogP contribution in [0.15, 0.2) is 18.3 Å². The second kappa shape index (κ2) is 5.13. The van der Waals surface area contributed by atoms with E-state index in [0.29, 0.717) is 18.0 Å². The maximum absolute atomic E-state index is 11.3. The van der Waals surface area contributed by atoms with Gasteiger partial charge in [0.05, 0.1) is 5.52 Å². The highest BCUT2D eigenvalue weighted by Crippen LogP contribution is 2.21. The molecule has 1 fully saturated rings. The number of hydrogen-bond donors (Lipinski definition) is 3. The van der Waals surface area contributed by atoms with Gasteiger partial charge in [-0.2, -0.15) is 0 Å². The van der Waals surface area contributed by atoms with Crippen LogP contribution in [0.2, 0.25) is 0 Å². The maximum Gasteiger partial charge on any atom is 0.356 e. The zero-order valence-corrected chi connectivity index (χ0v) is 11.0. The van der Waals surface area contributed by atoms with Gasteiger partial charge in [0.2, 0.25) is 0 Å². The molecule has 2 aromatic rings. The van der Waals surface area contributed by atoms with Gasteiger partial charge in [0.1, 0.15) is 11.6 Å². The van der Waals surface area contributed by atoms with Crippen LogP contribution in [-0.4, -0.2) is 38.2 Å². The van der Waals surface area contributed by atoms with E-state index in [9.17, 15) is 15.0 Å². The van der Waals surface area contributed by atoms with Gasteiger partial charge in [-0.1, -0.05) is 6.42 Å². The van der Waals surface area contributed by atoms with E-state index in [0.717, 1.165) is 18.8 Å². The van der Waals surface area contributed by atoms with E-state index >= 15 is 0 Å². The van der Waals surface area contributed by atoms with E-state index in [1.165, 1.54) is 25.0 Å². The normalized spacial score (nSPS) is 19.3. The van der Waals surface area contributed by atoms with Crippen LogP contribution in [0.25, 0.3) is 5.52 Å². The molecule has 1 atom stereocenters. The summed E-state index contributed by atoms with van der Waals surface area (Å²) in [4.78, 5) is 15.5. The van der Waals surface area contributed by atoms with Gasteiger partial charge in [-0.25, -0.2) is 9.78 Å². The molecular weight excluding hydrogens is 258 g/mol. The molecule has 0 bridgehead atoms. The molecule has 2 aromatic heterocycles. The fourth-order valence-corrected chi connectivity index (χ4v) is 2.76. The van der Waals surface area contributed by atoms with Crippen molar-refractivity contribution in [3.63, 3.8) is 0 Å². The lowest BCUT2D eigenvalue weighted by atomic mass is 10.0. The van der Waals surface area contributed by atoms with Gasteiger partial charge in [0.15, 0.2) is 5.69 Å². The third kappa shape index (κ3) is 2.34. The topological polar surface area (TPSA) is 86.9 Å². The quantitative estimate of drug-likeness (QED) is 0.788. The molecule has 1 saturated heterocycles. The largest absolute Gasteiger partial charge is 0.508 e. The Morgan fingerprint density at radius 3 is 3.05 bits per heavy atom. The van der Waals surface area contributed by atoms with Crippen LogP contribution in [0.3, 0.4) is 0 Å². The number of carboxylic acids is 1. The van der Waals surface area contributed by atoms with Crippen LogP contribution in [-0.2, 0) is 6.42 Å². The molecule has 106 valence electrons. The van der Waals surface area contributed by atoms with E-state index in [2.05, 4.69) is 10.3 Å². The highest BCUT2D eigenvalue weighted by molar-refractivity contribution is 5.94. The number of pyridine rings is 1. The number of fused-ring (bicyclic) bond motifs is 1. The fraction of sp³-hybridized carbons (Fsp3) is 0.429. The van der Waals surface area contributed by atoms with Crippen molar-refractivity contribution in [2.75, 3.05) is 6.54 Å². The van der Waals surface area contributed by atoms with Crippen LogP contribution in [0.5, 0.6) is 5.75 Å². The molecule has 6 heteroatoms. The van der Waals surface area contributed by atoms with Crippen molar-refractivity contribution in [3.05, 3.63) is 29.8 Å². The molecule has 1 unspecified atom stereocenters. The first-order valence-corrected chi connectivity index (χ1v) is 6.82. The molecule has 0 spiro atoms. The Kier molecular flexibility index (Phi) is 3.31. The van der Waals surface area contributed by atoms with E-state index in [1.54, 1.807) is 10.6 Å². The highest BCUT2D eigenvalue weighted by atomic mass is 16.4. The van der Waals surface area contributed by atoms with Gasteiger partial charge in [-0.05, 0) is 25.5 Å². The molecule has 3 heterocycles. The van der Waals surface area contributed by atoms with Crippen molar-refractivity contribution < 1.29 is 15.0 Å². The zero-order valence-electron chi connectivity index (χ0n) is 11.0. The summed E-state index contributed by atoms with van der Waals surface area (Å²) in [5, 5.41) is 22.2. The molecule has 6 nitrogen and oxygen atoms in total. The number of carbonyl (C=O) groups is 1. The minimum absolute atomic E-state index is 0.00768. The van der Waals surface area contributed by atoms with E-state index in [1.807, 2.05) is 0 Å². The van der Waals surface area contributed by atoms with Crippen molar-refractivity contribution >= 4 is 11.5 Å². The number of imidazole rings is 1. The van der Waals surface area contributed by atoms with Crippen molar-refractivity contribution in [1.29, 1.82) is 0 Å². The molecule has 0 radical (unpaired) electrons. The van der Waals surface area contributed by atoms with Crippen LogP contribution in [0.1, 0.15) is 35.6 Å². The van der Waals surface area contributed by atoms with Crippen molar-refractivity contribution in [2.24, 2.45) is 0 Å². The Balaban J connectivity index is 1.99. The van der Waals surface area contributed by atoms with Gasteiger partial charge >= 0.3 is 5.97 Å². The van der Waals surface area contributed by atoms with Gasteiger partial charge in [-0.3, -0.25) is 0 Å². The van der Waals surface area contributed by atoms with E-state index in [-0.39, 0.29) is 11.4 Å². The van der Waals surface area contributed by atoms with Crippen LogP contribution >= 0.6 is 0 Å². The van der Waals surface area contributed by atoms with Gasteiger partial charge in [0, 0.05) is 24.7 Å². The van der Waals surface area contributed by atoms with Crippen molar-refractivity contribution in [2.45, 2.75) is 31.7 Å². The molecule has 0 saturated carbocycles. The van der Waals surface area contributed by atoms with Gasteiger partial charge in [0.25, 0.3) is 0 Å². The minimum atomic E-state index is -1.07. The summed E-state index contributed by atoms with van der Waals surface area (Å²) in [6.07, 6.45) is 5.82. The number of hydrogen-bond acceptors (Lipinski definition) is 4. The average molecular weight is 275 g/mol. The zero-order chi connectivity index (χ0) is 14.1. The second-order valence-corrected chi connectivity index (χ2v) is 5.17. The summed E-state index contributed by atoms with van der Waals surface area (Å²) < 4.78 is 1.75. The summed E-state index contributed by atoms with van der Waals surface area (Å²) in [6, 6.07) is 3.32. The van der Waals surface area contributed by atoms with Crippen molar-refractivity contribution in [3.8, 4) is 5.75 Å². The number of nitrogens with one attached hydrogen (secondary N) is 1. The molecule has 1 aliphatic rings. The standard InChI is InChI=1S/C14H17N3O3/c18-10-4-6-17-11(8-10)13(14(19)20)16-12(17)7-9-3-1-2-5-15-9/h4,6,8-9,15,18H,1-3,5,7H2,(H,19,20). The monoisotopic (exact) mass is 275 g/mol. The first kappa shape index (κ1) is 12.9. The number of piperidine rings is 1. The van der Waals surface area contributed by atoms with Crippen LogP contribution < -0.4 is 5.32 Å². The number of aromatic hydroxyl groups is 1. The number of aromatic nitrogens is 2. The number of rotatable bonds is 3. The lowest BCUT2D eigenvalue weighted by Gasteiger charge is -2.22. The molecule has 3 rings (SSSR count). The summed E-state index contributed by atoms with van der Waals surface area (Å²) in [6.45, 7) is 1.00. The Labute approximate surface area is 116 Å². The summed E-state index contributed by atoms with van der Waals surface area (Å²) in [5.41, 5.74) is 0.426. The fourth-order valence-electron chi connectivity index (χ4n) is 2.76. The Hall–Kier alpha value is -2.08. The first-order valence-electron chi connectivity index (χ1n) is 6.82. The summed E-state index contributed by atoms with van der Waals surface area (Å²) >= 11 is 0. The number of aromatic carboxylic acids is 1. The van der Waals surface area contributed by atoms with E-state index in [4.69, 9.17) is 0 Å². The number of carboxylic acid groups (broad SMARTS) is 1. The van der Waals surface area contributed by atoms with Crippen LogP contribution in [0.4, 0.5) is 0 Å². The highest BCUT2D eigenvalue weighted by Gasteiger charge is 2.20. The summed E-state index contributed by atoms with van der Waals surface area (Å²) in [7, 11) is 0. The third-order valence-corrected chi connectivity index (χ3v) is 3.74. The smallest absolute Gasteiger partial charge is 0.356 e. The molecule has 1 aliphatic heterocycles. The minimum Gasteiger partial charge on any atom is -0.508 e. The summed E-state index contributed by atoms with van der Waals surface area (Å²) in [5.74, 6) is -0.310. The first-order chi connectivity index (χ1) is 9.65. The predicted molar refractivity (Wildman–Crippen MR) is 73.2 cm³/mol. The molecule has 0 aromatic carbocycles. The van der Waals surface area contributed by atoms with Crippen LogP contribution in [0, 0.1) is 0 Å². The molecule has 0 amide bonds. The van der Waals surface area contributed by atoms with E-state index < -0.39 is 5.97 Å².